The number of aryl methyl sites for hydroxylation is 1. The van der Waals surface area contributed by atoms with Crippen molar-refractivity contribution < 1.29 is 4.74 Å². The lowest BCUT2D eigenvalue weighted by molar-refractivity contribution is 0.416. The summed E-state index contributed by atoms with van der Waals surface area (Å²) in [5, 5.41) is 9.81. The number of thioether (sulfide) groups is 1. The Balaban J connectivity index is 1.78. The molecular formula is C22H20N4OS. The molecule has 0 aliphatic rings. The minimum absolute atomic E-state index is 0.759. The molecule has 0 saturated carbocycles. The predicted molar refractivity (Wildman–Crippen MR) is 112 cm³/mol. The molecule has 4 aromatic rings. The molecule has 0 radical (unpaired) electrons. The van der Waals surface area contributed by atoms with E-state index in [-0.39, 0.29) is 0 Å². The van der Waals surface area contributed by atoms with Crippen LogP contribution in [0.15, 0.2) is 78.2 Å². The van der Waals surface area contributed by atoms with Gasteiger partial charge in [-0.25, -0.2) is 0 Å². The highest BCUT2D eigenvalue weighted by Gasteiger charge is 2.19. The van der Waals surface area contributed by atoms with Gasteiger partial charge in [-0.2, -0.15) is 0 Å². The Labute approximate surface area is 168 Å². The molecule has 28 heavy (non-hydrogen) atoms. The first kappa shape index (κ1) is 18.3. The van der Waals surface area contributed by atoms with Crippen molar-refractivity contribution in [1.29, 1.82) is 0 Å². The molecule has 4 rings (SSSR count). The number of nitrogens with zero attached hydrogens (tertiary/aromatic N) is 4. The lowest BCUT2D eigenvalue weighted by Crippen LogP contribution is -2.01. The molecule has 0 aliphatic carbocycles. The van der Waals surface area contributed by atoms with E-state index in [0.717, 1.165) is 39.3 Å². The largest absolute Gasteiger partial charge is 0.496 e. The van der Waals surface area contributed by atoms with E-state index in [4.69, 9.17) is 4.74 Å². The molecular weight excluding hydrogens is 368 g/mol. The van der Waals surface area contributed by atoms with Crippen LogP contribution < -0.4 is 4.74 Å². The van der Waals surface area contributed by atoms with Crippen LogP contribution in [0.25, 0.3) is 17.1 Å². The predicted octanol–water partition coefficient (Wildman–Crippen LogP) is 4.94. The lowest BCUT2D eigenvalue weighted by atomic mass is 10.1. The van der Waals surface area contributed by atoms with Crippen LogP contribution in [-0.2, 0) is 5.75 Å². The third-order valence-corrected chi connectivity index (χ3v) is 5.36. The monoisotopic (exact) mass is 388 g/mol. The molecule has 0 unspecified atom stereocenters. The number of aromatic nitrogens is 4. The number of benzene rings is 2. The topological polar surface area (TPSA) is 52.8 Å². The molecule has 0 bridgehead atoms. The highest BCUT2D eigenvalue weighted by molar-refractivity contribution is 7.98. The van der Waals surface area contributed by atoms with Gasteiger partial charge in [0.1, 0.15) is 5.75 Å². The fourth-order valence-electron chi connectivity index (χ4n) is 2.93. The first-order valence-corrected chi connectivity index (χ1v) is 9.92. The molecule has 2 heterocycles. The Morgan fingerprint density at radius 1 is 0.964 bits per heavy atom. The molecule has 0 saturated heterocycles. The van der Waals surface area contributed by atoms with Crippen molar-refractivity contribution in [2.24, 2.45) is 0 Å². The third kappa shape index (κ3) is 3.77. The van der Waals surface area contributed by atoms with Crippen LogP contribution in [-0.4, -0.2) is 26.9 Å². The second kappa shape index (κ2) is 8.27. The Morgan fingerprint density at radius 3 is 2.54 bits per heavy atom. The summed E-state index contributed by atoms with van der Waals surface area (Å²) in [6, 6.07) is 20.2. The average Bonchev–Trinajstić information content (AvgIpc) is 3.17. The van der Waals surface area contributed by atoms with E-state index in [2.05, 4.69) is 57.0 Å². The van der Waals surface area contributed by atoms with Gasteiger partial charge >= 0.3 is 0 Å². The number of hydrogen-bond donors (Lipinski definition) is 0. The Kier molecular flexibility index (Phi) is 5.39. The van der Waals surface area contributed by atoms with E-state index in [1.807, 2.05) is 36.5 Å². The lowest BCUT2D eigenvalue weighted by Gasteiger charge is -2.12. The van der Waals surface area contributed by atoms with E-state index in [0.29, 0.717) is 0 Å². The minimum Gasteiger partial charge on any atom is -0.496 e. The third-order valence-electron chi connectivity index (χ3n) is 4.36. The van der Waals surface area contributed by atoms with Crippen LogP contribution in [0.5, 0.6) is 5.75 Å². The van der Waals surface area contributed by atoms with Crippen LogP contribution in [0, 0.1) is 6.92 Å². The van der Waals surface area contributed by atoms with Crippen LogP contribution in [0.2, 0.25) is 0 Å². The Hall–Kier alpha value is -3.12. The number of ether oxygens (including phenoxy) is 1. The molecule has 5 nitrogen and oxygen atoms in total. The van der Waals surface area contributed by atoms with E-state index < -0.39 is 0 Å². The van der Waals surface area contributed by atoms with Crippen LogP contribution in [0.1, 0.15) is 11.1 Å². The first-order valence-electron chi connectivity index (χ1n) is 8.94. The number of pyridine rings is 1. The Bertz CT molecular complexity index is 1060. The molecule has 140 valence electrons. The van der Waals surface area contributed by atoms with Gasteiger partial charge in [-0.15, -0.1) is 10.2 Å². The summed E-state index contributed by atoms with van der Waals surface area (Å²) in [4.78, 5) is 4.19. The summed E-state index contributed by atoms with van der Waals surface area (Å²) in [5.41, 5.74) is 4.28. The van der Waals surface area contributed by atoms with Gasteiger partial charge in [0.25, 0.3) is 0 Å². The van der Waals surface area contributed by atoms with Gasteiger partial charge in [0, 0.05) is 23.8 Å². The van der Waals surface area contributed by atoms with Crippen LogP contribution in [0.4, 0.5) is 0 Å². The molecule has 0 fully saturated rings. The molecule has 0 amide bonds. The second-order valence-electron chi connectivity index (χ2n) is 6.33. The van der Waals surface area contributed by atoms with Crippen molar-refractivity contribution in [3.05, 3.63) is 84.2 Å². The van der Waals surface area contributed by atoms with Crippen LogP contribution in [0.3, 0.4) is 0 Å². The summed E-state index contributed by atoms with van der Waals surface area (Å²) in [5.74, 6) is 2.30. The van der Waals surface area contributed by atoms with Crippen molar-refractivity contribution in [2.45, 2.75) is 17.8 Å². The summed E-state index contributed by atoms with van der Waals surface area (Å²) < 4.78 is 7.63. The number of rotatable bonds is 6. The number of hydrogen-bond acceptors (Lipinski definition) is 5. The summed E-state index contributed by atoms with van der Waals surface area (Å²) in [6.45, 7) is 2.08. The molecule has 6 heteroatoms. The smallest absolute Gasteiger partial charge is 0.196 e. The fourth-order valence-corrected chi connectivity index (χ4v) is 3.81. The van der Waals surface area contributed by atoms with Gasteiger partial charge in [0.05, 0.1) is 12.7 Å². The average molecular weight is 388 g/mol. The zero-order valence-electron chi connectivity index (χ0n) is 15.7. The van der Waals surface area contributed by atoms with Crippen LogP contribution >= 0.6 is 11.8 Å². The zero-order chi connectivity index (χ0) is 19.3. The van der Waals surface area contributed by atoms with Gasteiger partial charge < -0.3 is 4.74 Å². The van der Waals surface area contributed by atoms with E-state index >= 15 is 0 Å². The Morgan fingerprint density at radius 2 is 1.79 bits per heavy atom. The molecule has 2 aromatic carbocycles. The van der Waals surface area contributed by atoms with Gasteiger partial charge in [-0.05, 0) is 42.8 Å². The van der Waals surface area contributed by atoms with E-state index in [9.17, 15) is 0 Å². The zero-order valence-corrected chi connectivity index (χ0v) is 16.6. The maximum atomic E-state index is 5.55. The number of methoxy groups -OCH3 is 1. The molecule has 0 spiro atoms. The van der Waals surface area contributed by atoms with Crippen molar-refractivity contribution >= 4 is 11.8 Å². The fraction of sp³-hybridized carbons (Fsp3) is 0.136. The first-order chi connectivity index (χ1) is 13.8. The normalized spacial score (nSPS) is 10.8. The van der Waals surface area contributed by atoms with Crippen molar-refractivity contribution in [3.63, 3.8) is 0 Å². The maximum Gasteiger partial charge on any atom is 0.196 e. The summed E-state index contributed by atoms with van der Waals surface area (Å²) in [7, 11) is 1.67. The molecule has 2 aromatic heterocycles. The highest BCUT2D eigenvalue weighted by atomic mass is 32.2. The summed E-state index contributed by atoms with van der Waals surface area (Å²) >= 11 is 1.64. The molecule has 0 N–H and O–H groups in total. The second-order valence-corrected chi connectivity index (χ2v) is 7.27. The van der Waals surface area contributed by atoms with Gasteiger partial charge in [0.2, 0.25) is 0 Å². The van der Waals surface area contributed by atoms with Crippen molar-refractivity contribution in [3.8, 4) is 22.8 Å². The van der Waals surface area contributed by atoms with Crippen molar-refractivity contribution in [1.82, 2.24) is 19.7 Å². The van der Waals surface area contributed by atoms with Gasteiger partial charge in [-0.3, -0.25) is 9.55 Å². The van der Waals surface area contributed by atoms with Gasteiger partial charge in [-0.1, -0.05) is 47.7 Å². The summed E-state index contributed by atoms with van der Waals surface area (Å²) in [6.07, 6.45) is 3.66. The highest BCUT2D eigenvalue weighted by Crippen LogP contribution is 2.34. The minimum atomic E-state index is 0.759. The van der Waals surface area contributed by atoms with E-state index in [1.54, 1.807) is 25.1 Å². The number of para-hydroxylation sites is 1. The maximum absolute atomic E-state index is 5.55. The van der Waals surface area contributed by atoms with E-state index in [1.165, 1.54) is 5.56 Å². The molecule has 0 aliphatic heterocycles. The SMILES string of the molecule is COc1ccccc1-c1nnc(SCc2cccnc2)n1-c1ccc(C)cc1. The quantitative estimate of drug-likeness (QED) is 0.438. The van der Waals surface area contributed by atoms with Crippen molar-refractivity contribution in [2.75, 3.05) is 7.11 Å². The van der Waals surface area contributed by atoms with Gasteiger partial charge in [0.15, 0.2) is 11.0 Å². The standard InChI is InChI=1S/C22H20N4OS/c1-16-9-11-18(12-10-16)26-21(19-7-3-4-8-20(19)27-2)24-25-22(26)28-15-17-6-5-13-23-14-17/h3-14H,15H2,1-2H3. The molecule has 0 atom stereocenters.